The third-order valence-electron chi connectivity index (χ3n) is 4.27. The Bertz CT molecular complexity index is 922. The molecular weight excluding hydrogens is 369 g/mol. The Kier molecular flexibility index (Phi) is 7.03. The highest BCUT2D eigenvalue weighted by atomic mass is 19.1. The van der Waals surface area contributed by atoms with Crippen LogP contribution in [0.25, 0.3) is 11.1 Å². The smallest absolute Gasteiger partial charge is 0.347 e. The molecule has 0 radical (unpaired) electrons. The van der Waals surface area contributed by atoms with E-state index in [2.05, 4.69) is 4.98 Å². The van der Waals surface area contributed by atoms with Crippen molar-refractivity contribution in [3.63, 3.8) is 0 Å². The van der Waals surface area contributed by atoms with Gasteiger partial charge in [0.05, 0.1) is 32.0 Å². The first kappa shape index (κ1) is 21.3. The lowest BCUT2D eigenvalue weighted by molar-refractivity contribution is 0.0521. The molecular formula is C20H24FNO6. The quantitative estimate of drug-likeness (QED) is 0.667. The summed E-state index contributed by atoms with van der Waals surface area (Å²) in [6, 6.07) is 2.55. The lowest BCUT2D eigenvalue weighted by Gasteiger charge is -2.19. The maximum absolute atomic E-state index is 14.4. The number of methoxy groups -OCH3 is 2. The average Bonchev–Trinajstić information content (AvgIpc) is 2.66. The SMILES string of the molecule is CCCCc1[nH]c(=O)c(C(=O)OCC)c(O)c1-c1c(OC)ccc(F)c1OC. The van der Waals surface area contributed by atoms with Crippen LogP contribution in [0.5, 0.6) is 17.2 Å². The molecule has 0 bridgehead atoms. The topological polar surface area (TPSA) is 97.9 Å². The highest BCUT2D eigenvalue weighted by Gasteiger charge is 2.29. The fourth-order valence-corrected chi connectivity index (χ4v) is 2.99. The van der Waals surface area contributed by atoms with Gasteiger partial charge in [-0.25, -0.2) is 9.18 Å². The maximum Gasteiger partial charge on any atom is 0.347 e. The van der Waals surface area contributed by atoms with E-state index in [1.54, 1.807) is 6.92 Å². The number of aromatic nitrogens is 1. The number of aryl methyl sites for hydroxylation is 1. The highest BCUT2D eigenvalue weighted by molar-refractivity contribution is 5.96. The Morgan fingerprint density at radius 2 is 1.89 bits per heavy atom. The summed E-state index contributed by atoms with van der Waals surface area (Å²) < 4.78 is 29.8. The summed E-state index contributed by atoms with van der Waals surface area (Å²) >= 11 is 0. The van der Waals surface area contributed by atoms with E-state index in [0.717, 1.165) is 6.42 Å². The molecule has 7 nitrogen and oxygen atoms in total. The Hall–Kier alpha value is -3.03. The molecule has 0 unspecified atom stereocenters. The number of aromatic hydroxyl groups is 1. The fraction of sp³-hybridized carbons (Fsp3) is 0.400. The number of hydrogen-bond donors (Lipinski definition) is 2. The van der Waals surface area contributed by atoms with Crippen LogP contribution in [-0.4, -0.2) is 36.9 Å². The van der Waals surface area contributed by atoms with E-state index in [0.29, 0.717) is 18.5 Å². The normalized spacial score (nSPS) is 10.6. The minimum Gasteiger partial charge on any atom is -0.506 e. The zero-order valence-electron chi connectivity index (χ0n) is 16.3. The van der Waals surface area contributed by atoms with Crippen molar-refractivity contribution in [1.82, 2.24) is 4.98 Å². The maximum atomic E-state index is 14.4. The van der Waals surface area contributed by atoms with Gasteiger partial charge in [0, 0.05) is 5.69 Å². The van der Waals surface area contributed by atoms with Crippen molar-refractivity contribution in [3.05, 3.63) is 39.6 Å². The van der Waals surface area contributed by atoms with Crippen LogP contribution in [0, 0.1) is 5.82 Å². The van der Waals surface area contributed by atoms with Gasteiger partial charge in [0.15, 0.2) is 17.1 Å². The van der Waals surface area contributed by atoms with Gasteiger partial charge in [-0.15, -0.1) is 0 Å². The summed E-state index contributed by atoms with van der Waals surface area (Å²) in [5.41, 5.74) is -0.801. The standard InChI is InChI=1S/C20H24FNO6/c1-5-7-8-12-14(15-13(26-3)10-9-11(21)18(15)27-4)17(23)16(19(24)22-12)20(25)28-6-2/h9-10H,5-8H2,1-4H3,(H2,22,23,24). The Morgan fingerprint density at radius 1 is 1.18 bits per heavy atom. The summed E-state index contributed by atoms with van der Waals surface area (Å²) in [6.07, 6.45) is 1.90. The largest absolute Gasteiger partial charge is 0.506 e. The number of halogens is 1. The van der Waals surface area contributed by atoms with Crippen molar-refractivity contribution in [2.75, 3.05) is 20.8 Å². The summed E-state index contributed by atoms with van der Waals surface area (Å²) in [6.45, 7) is 3.57. The van der Waals surface area contributed by atoms with Crippen molar-refractivity contribution in [3.8, 4) is 28.4 Å². The Morgan fingerprint density at radius 3 is 2.46 bits per heavy atom. The second kappa shape index (κ2) is 9.25. The summed E-state index contributed by atoms with van der Waals surface area (Å²) in [4.78, 5) is 27.3. The first-order valence-electron chi connectivity index (χ1n) is 8.97. The van der Waals surface area contributed by atoms with Gasteiger partial charge in [0.1, 0.15) is 11.5 Å². The molecule has 0 aliphatic heterocycles. The molecule has 0 spiro atoms. The number of benzene rings is 1. The van der Waals surface area contributed by atoms with Crippen molar-refractivity contribution >= 4 is 5.97 Å². The fourth-order valence-electron chi connectivity index (χ4n) is 2.99. The molecule has 1 aromatic heterocycles. The van der Waals surface area contributed by atoms with Crippen LogP contribution < -0.4 is 15.0 Å². The number of esters is 1. The number of pyridine rings is 1. The van der Waals surface area contributed by atoms with Gasteiger partial charge in [-0.1, -0.05) is 13.3 Å². The molecule has 0 aliphatic rings. The molecule has 8 heteroatoms. The van der Waals surface area contributed by atoms with Crippen molar-refractivity contribution in [1.29, 1.82) is 0 Å². The monoisotopic (exact) mass is 393 g/mol. The number of unbranched alkanes of at least 4 members (excludes halogenated alkanes) is 1. The van der Waals surface area contributed by atoms with Crippen LogP contribution in [0.2, 0.25) is 0 Å². The van der Waals surface area contributed by atoms with E-state index in [4.69, 9.17) is 14.2 Å². The highest BCUT2D eigenvalue weighted by Crippen LogP contribution is 2.45. The van der Waals surface area contributed by atoms with Gasteiger partial charge < -0.3 is 24.3 Å². The summed E-state index contributed by atoms with van der Waals surface area (Å²) in [7, 11) is 2.67. The summed E-state index contributed by atoms with van der Waals surface area (Å²) in [5, 5.41) is 10.9. The molecule has 0 atom stereocenters. The van der Waals surface area contributed by atoms with Gasteiger partial charge in [-0.2, -0.15) is 0 Å². The van der Waals surface area contributed by atoms with E-state index in [1.165, 1.54) is 26.4 Å². The van der Waals surface area contributed by atoms with E-state index in [-0.39, 0.29) is 29.2 Å². The molecule has 1 aromatic carbocycles. The zero-order valence-corrected chi connectivity index (χ0v) is 16.3. The average molecular weight is 393 g/mol. The minimum absolute atomic E-state index is 0.0250. The van der Waals surface area contributed by atoms with E-state index in [1.807, 2.05) is 6.92 Å². The molecule has 2 rings (SSSR count). The minimum atomic E-state index is -0.973. The van der Waals surface area contributed by atoms with Crippen molar-refractivity contribution in [2.45, 2.75) is 33.1 Å². The molecule has 0 saturated carbocycles. The third kappa shape index (κ3) is 3.95. The molecule has 2 aromatic rings. The number of carbonyl (C=O) groups is 1. The number of ether oxygens (including phenoxy) is 3. The van der Waals surface area contributed by atoms with Crippen LogP contribution in [-0.2, 0) is 11.2 Å². The number of H-pyrrole nitrogens is 1. The predicted molar refractivity (Wildman–Crippen MR) is 102 cm³/mol. The van der Waals surface area contributed by atoms with Crippen LogP contribution in [0.4, 0.5) is 4.39 Å². The zero-order chi connectivity index (χ0) is 20.8. The second-order valence-corrected chi connectivity index (χ2v) is 6.01. The number of nitrogens with one attached hydrogen (secondary N) is 1. The first-order chi connectivity index (χ1) is 13.4. The van der Waals surface area contributed by atoms with Crippen molar-refractivity contribution < 1.29 is 28.5 Å². The third-order valence-corrected chi connectivity index (χ3v) is 4.27. The van der Waals surface area contributed by atoms with Crippen LogP contribution in [0.3, 0.4) is 0 Å². The van der Waals surface area contributed by atoms with Crippen molar-refractivity contribution in [2.24, 2.45) is 0 Å². The van der Waals surface area contributed by atoms with Gasteiger partial charge in [-0.3, -0.25) is 4.79 Å². The van der Waals surface area contributed by atoms with Crippen LogP contribution in [0.1, 0.15) is 42.7 Å². The molecule has 0 aliphatic carbocycles. The molecule has 0 amide bonds. The number of aromatic amines is 1. The molecule has 152 valence electrons. The van der Waals surface area contributed by atoms with E-state index < -0.39 is 28.7 Å². The van der Waals surface area contributed by atoms with E-state index >= 15 is 0 Å². The second-order valence-electron chi connectivity index (χ2n) is 6.01. The lowest BCUT2D eigenvalue weighted by Crippen LogP contribution is -2.22. The van der Waals surface area contributed by atoms with Crippen LogP contribution in [0.15, 0.2) is 16.9 Å². The Labute approximate surface area is 162 Å². The number of rotatable bonds is 8. The molecule has 2 N–H and O–H groups in total. The summed E-state index contributed by atoms with van der Waals surface area (Å²) in [5.74, 6) is -2.21. The first-order valence-corrected chi connectivity index (χ1v) is 8.97. The molecule has 1 heterocycles. The Balaban J connectivity index is 2.92. The van der Waals surface area contributed by atoms with E-state index in [9.17, 15) is 19.1 Å². The van der Waals surface area contributed by atoms with Gasteiger partial charge in [0.25, 0.3) is 5.56 Å². The molecule has 0 saturated heterocycles. The number of carbonyl (C=O) groups excluding carboxylic acids is 1. The molecule has 28 heavy (non-hydrogen) atoms. The lowest BCUT2D eigenvalue weighted by atomic mass is 9.95. The van der Waals surface area contributed by atoms with Gasteiger partial charge in [-0.05, 0) is 31.9 Å². The van der Waals surface area contributed by atoms with Gasteiger partial charge >= 0.3 is 5.97 Å². The number of hydrogen-bond acceptors (Lipinski definition) is 6. The predicted octanol–water partition coefficient (Wildman–Crippen LogP) is 3.42. The van der Waals surface area contributed by atoms with Gasteiger partial charge in [0.2, 0.25) is 0 Å². The molecule has 0 fully saturated rings. The van der Waals surface area contributed by atoms with Crippen LogP contribution >= 0.6 is 0 Å².